The van der Waals surface area contributed by atoms with E-state index in [1.165, 1.54) is 11.1 Å². The number of ether oxygens (including phenoxy) is 1. The average Bonchev–Trinajstić information content (AvgIpc) is 2.68. The maximum absolute atomic E-state index is 12.6. The van der Waals surface area contributed by atoms with Crippen LogP contribution in [0, 0.1) is 13.8 Å². The largest absolute Gasteiger partial charge is 0.495 e. The van der Waals surface area contributed by atoms with Crippen LogP contribution >= 0.6 is 0 Å². The molecule has 0 saturated carbocycles. The standard InChI is InChI=1S/C22H23N3O2/c1-15-4-7-17(8-5-15)14-24-18-10-11-23-20(13-18)22(26)25-19-12-16(2)6-9-21(19)27-3/h4-13H,14H2,1-3H3,(H,23,24)(H,25,26). The minimum Gasteiger partial charge on any atom is -0.495 e. The predicted molar refractivity (Wildman–Crippen MR) is 108 cm³/mol. The van der Waals surface area contributed by atoms with E-state index >= 15 is 0 Å². The molecular weight excluding hydrogens is 338 g/mol. The molecule has 2 aromatic carbocycles. The van der Waals surface area contributed by atoms with E-state index < -0.39 is 0 Å². The number of methoxy groups -OCH3 is 1. The van der Waals surface area contributed by atoms with Gasteiger partial charge in [0.05, 0.1) is 12.8 Å². The van der Waals surface area contributed by atoms with Gasteiger partial charge in [-0.1, -0.05) is 35.9 Å². The lowest BCUT2D eigenvalue weighted by Crippen LogP contribution is -2.15. The molecule has 27 heavy (non-hydrogen) atoms. The van der Waals surface area contributed by atoms with Crippen LogP contribution in [-0.2, 0) is 6.54 Å². The van der Waals surface area contributed by atoms with Crippen molar-refractivity contribution >= 4 is 17.3 Å². The molecule has 0 aliphatic rings. The Balaban J connectivity index is 1.70. The fraction of sp³-hybridized carbons (Fsp3) is 0.182. The van der Waals surface area contributed by atoms with Crippen LogP contribution in [0.25, 0.3) is 0 Å². The summed E-state index contributed by atoms with van der Waals surface area (Å²) in [6.07, 6.45) is 1.62. The van der Waals surface area contributed by atoms with Crippen molar-refractivity contribution < 1.29 is 9.53 Å². The number of rotatable bonds is 6. The van der Waals surface area contributed by atoms with E-state index in [9.17, 15) is 4.79 Å². The fourth-order valence-corrected chi connectivity index (χ4v) is 2.68. The van der Waals surface area contributed by atoms with Crippen molar-refractivity contribution in [3.8, 4) is 5.75 Å². The molecule has 2 N–H and O–H groups in total. The van der Waals surface area contributed by atoms with E-state index in [1.807, 2.05) is 31.2 Å². The Morgan fingerprint density at radius 3 is 2.48 bits per heavy atom. The van der Waals surface area contributed by atoms with Gasteiger partial charge in [0.2, 0.25) is 0 Å². The second kappa shape index (κ2) is 8.36. The molecule has 0 spiro atoms. The highest BCUT2D eigenvalue weighted by Crippen LogP contribution is 2.25. The number of pyridine rings is 1. The van der Waals surface area contributed by atoms with Gasteiger partial charge in [0.25, 0.3) is 5.91 Å². The quantitative estimate of drug-likeness (QED) is 0.675. The molecule has 5 heteroatoms. The monoisotopic (exact) mass is 361 g/mol. The number of aromatic nitrogens is 1. The van der Waals surface area contributed by atoms with Gasteiger partial charge in [0.1, 0.15) is 11.4 Å². The van der Waals surface area contributed by atoms with E-state index in [-0.39, 0.29) is 5.91 Å². The molecule has 0 aliphatic carbocycles. The third-order valence-corrected chi connectivity index (χ3v) is 4.21. The highest BCUT2D eigenvalue weighted by molar-refractivity contribution is 6.04. The molecule has 0 bridgehead atoms. The Labute approximate surface area is 159 Å². The summed E-state index contributed by atoms with van der Waals surface area (Å²) in [6, 6.07) is 17.6. The third kappa shape index (κ3) is 4.85. The summed E-state index contributed by atoms with van der Waals surface area (Å²) in [6.45, 7) is 4.70. The van der Waals surface area contributed by atoms with Crippen molar-refractivity contribution in [2.45, 2.75) is 20.4 Å². The minimum atomic E-state index is -0.280. The molecule has 0 aliphatic heterocycles. The zero-order chi connectivity index (χ0) is 19.2. The van der Waals surface area contributed by atoms with Gasteiger partial charge in [0, 0.05) is 18.4 Å². The van der Waals surface area contributed by atoms with Crippen LogP contribution in [0.2, 0.25) is 0 Å². The molecule has 1 heterocycles. The molecule has 0 radical (unpaired) electrons. The van der Waals surface area contributed by atoms with Crippen molar-refractivity contribution in [3.05, 3.63) is 83.2 Å². The number of carbonyl (C=O) groups excluding carboxylic acids is 1. The number of aryl methyl sites for hydroxylation is 2. The van der Waals surface area contributed by atoms with Crippen LogP contribution in [0.1, 0.15) is 27.2 Å². The van der Waals surface area contributed by atoms with Gasteiger partial charge >= 0.3 is 0 Å². The summed E-state index contributed by atoms with van der Waals surface area (Å²) in [5, 5.41) is 6.20. The highest BCUT2D eigenvalue weighted by Gasteiger charge is 2.12. The SMILES string of the molecule is COc1ccc(C)cc1NC(=O)c1cc(NCc2ccc(C)cc2)ccn1. The van der Waals surface area contributed by atoms with E-state index in [0.29, 0.717) is 23.7 Å². The smallest absolute Gasteiger partial charge is 0.274 e. The van der Waals surface area contributed by atoms with Crippen LogP contribution in [0.3, 0.4) is 0 Å². The maximum Gasteiger partial charge on any atom is 0.274 e. The van der Waals surface area contributed by atoms with Gasteiger partial charge in [-0.05, 0) is 49.2 Å². The second-order valence-electron chi connectivity index (χ2n) is 6.43. The first-order valence-corrected chi connectivity index (χ1v) is 8.76. The zero-order valence-electron chi connectivity index (χ0n) is 15.7. The molecule has 1 amide bonds. The van der Waals surface area contributed by atoms with Gasteiger partial charge in [-0.2, -0.15) is 0 Å². The van der Waals surface area contributed by atoms with Gasteiger partial charge in [-0.3, -0.25) is 9.78 Å². The lowest BCUT2D eigenvalue weighted by molar-refractivity contribution is 0.102. The van der Waals surface area contributed by atoms with Crippen molar-refractivity contribution in [3.63, 3.8) is 0 Å². The van der Waals surface area contributed by atoms with Gasteiger partial charge in [0.15, 0.2) is 0 Å². The maximum atomic E-state index is 12.6. The van der Waals surface area contributed by atoms with E-state index in [4.69, 9.17) is 4.74 Å². The molecule has 3 rings (SSSR count). The molecule has 0 fully saturated rings. The summed E-state index contributed by atoms with van der Waals surface area (Å²) < 4.78 is 5.31. The first-order chi connectivity index (χ1) is 13.0. The Bertz CT molecular complexity index is 937. The first-order valence-electron chi connectivity index (χ1n) is 8.76. The summed E-state index contributed by atoms with van der Waals surface area (Å²) >= 11 is 0. The van der Waals surface area contributed by atoms with E-state index in [2.05, 4.69) is 46.8 Å². The number of nitrogens with one attached hydrogen (secondary N) is 2. The lowest BCUT2D eigenvalue weighted by atomic mass is 10.1. The van der Waals surface area contributed by atoms with Crippen LogP contribution < -0.4 is 15.4 Å². The van der Waals surface area contributed by atoms with Crippen LogP contribution in [0.5, 0.6) is 5.75 Å². The minimum absolute atomic E-state index is 0.280. The highest BCUT2D eigenvalue weighted by atomic mass is 16.5. The Kier molecular flexibility index (Phi) is 5.71. The first kappa shape index (κ1) is 18.5. The topological polar surface area (TPSA) is 63.2 Å². The van der Waals surface area contributed by atoms with Crippen LogP contribution in [0.4, 0.5) is 11.4 Å². The predicted octanol–water partition coefficient (Wildman–Crippen LogP) is 4.57. The third-order valence-electron chi connectivity index (χ3n) is 4.21. The Hall–Kier alpha value is -3.34. The van der Waals surface area contributed by atoms with Crippen LogP contribution in [-0.4, -0.2) is 18.0 Å². The molecule has 5 nitrogen and oxygen atoms in total. The molecule has 138 valence electrons. The number of carbonyl (C=O) groups is 1. The normalized spacial score (nSPS) is 10.3. The summed E-state index contributed by atoms with van der Waals surface area (Å²) in [7, 11) is 1.58. The summed E-state index contributed by atoms with van der Waals surface area (Å²) in [4.78, 5) is 16.8. The van der Waals surface area contributed by atoms with Crippen LogP contribution in [0.15, 0.2) is 60.8 Å². The Morgan fingerprint density at radius 2 is 1.74 bits per heavy atom. The zero-order valence-corrected chi connectivity index (χ0v) is 15.7. The fourth-order valence-electron chi connectivity index (χ4n) is 2.68. The van der Waals surface area contributed by atoms with E-state index in [1.54, 1.807) is 19.4 Å². The molecule has 3 aromatic rings. The number of anilines is 2. The van der Waals surface area contributed by atoms with Crippen molar-refractivity contribution in [2.75, 3.05) is 17.7 Å². The van der Waals surface area contributed by atoms with Gasteiger partial charge < -0.3 is 15.4 Å². The number of nitrogens with zero attached hydrogens (tertiary/aromatic N) is 1. The number of amides is 1. The number of hydrogen-bond acceptors (Lipinski definition) is 4. The van der Waals surface area contributed by atoms with Crippen molar-refractivity contribution in [1.29, 1.82) is 0 Å². The summed E-state index contributed by atoms with van der Waals surface area (Å²) in [5.41, 5.74) is 5.25. The molecule has 0 saturated heterocycles. The van der Waals surface area contributed by atoms with Crippen molar-refractivity contribution in [2.24, 2.45) is 0 Å². The molecule has 0 atom stereocenters. The van der Waals surface area contributed by atoms with E-state index in [0.717, 1.165) is 11.3 Å². The Morgan fingerprint density at radius 1 is 1.00 bits per heavy atom. The van der Waals surface area contributed by atoms with Crippen molar-refractivity contribution in [1.82, 2.24) is 4.98 Å². The molecular formula is C22H23N3O2. The average molecular weight is 361 g/mol. The van der Waals surface area contributed by atoms with Gasteiger partial charge in [-0.15, -0.1) is 0 Å². The summed E-state index contributed by atoms with van der Waals surface area (Å²) in [5.74, 6) is 0.334. The lowest BCUT2D eigenvalue weighted by Gasteiger charge is -2.12. The number of benzene rings is 2. The molecule has 0 unspecified atom stereocenters. The molecule has 1 aromatic heterocycles. The van der Waals surface area contributed by atoms with Gasteiger partial charge in [-0.25, -0.2) is 0 Å². The number of hydrogen-bond donors (Lipinski definition) is 2. The second-order valence-corrected chi connectivity index (χ2v) is 6.43.